The number of hydrogen-bond donors (Lipinski definition) is 1. The van der Waals surface area contributed by atoms with Crippen molar-refractivity contribution in [1.29, 1.82) is 0 Å². The molecule has 1 aromatic carbocycles. The fourth-order valence-electron chi connectivity index (χ4n) is 1.69. The van der Waals surface area contributed by atoms with E-state index >= 15 is 0 Å². The average Bonchev–Trinajstić information content (AvgIpc) is 2.80. The summed E-state index contributed by atoms with van der Waals surface area (Å²) >= 11 is 4.93. The van der Waals surface area contributed by atoms with Crippen LogP contribution in [-0.2, 0) is 0 Å². The Kier molecular flexibility index (Phi) is 4.20. The highest BCUT2D eigenvalue weighted by atomic mass is 79.9. The van der Waals surface area contributed by atoms with Crippen LogP contribution in [0.5, 0.6) is 0 Å². The standard InChI is InChI=1S/C14H15BrFNS/c1-8(2)14(17)13-6-5-12(18-13)10-7-9(15)3-4-11(10)16/h3-8,14H,17H2,1-2H3. The third-order valence-electron chi connectivity index (χ3n) is 2.87. The topological polar surface area (TPSA) is 26.0 Å². The van der Waals surface area contributed by atoms with Crippen molar-refractivity contribution in [3.63, 3.8) is 0 Å². The average molecular weight is 328 g/mol. The van der Waals surface area contributed by atoms with E-state index in [0.29, 0.717) is 11.5 Å². The third-order valence-corrected chi connectivity index (χ3v) is 4.58. The number of benzene rings is 1. The van der Waals surface area contributed by atoms with Crippen molar-refractivity contribution in [2.75, 3.05) is 0 Å². The molecule has 1 atom stereocenters. The van der Waals surface area contributed by atoms with Crippen molar-refractivity contribution >= 4 is 27.3 Å². The molecule has 0 aliphatic carbocycles. The van der Waals surface area contributed by atoms with Crippen molar-refractivity contribution in [2.24, 2.45) is 11.7 Å². The zero-order chi connectivity index (χ0) is 13.3. The predicted molar refractivity (Wildman–Crippen MR) is 79.2 cm³/mol. The number of hydrogen-bond acceptors (Lipinski definition) is 2. The molecule has 0 spiro atoms. The van der Waals surface area contributed by atoms with Gasteiger partial charge in [0, 0.05) is 25.8 Å². The van der Waals surface area contributed by atoms with Gasteiger partial charge in [0.15, 0.2) is 0 Å². The summed E-state index contributed by atoms with van der Waals surface area (Å²) in [6.07, 6.45) is 0. The molecule has 0 amide bonds. The first-order valence-corrected chi connectivity index (χ1v) is 7.40. The van der Waals surface area contributed by atoms with Gasteiger partial charge in [-0.05, 0) is 36.2 Å². The van der Waals surface area contributed by atoms with Gasteiger partial charge in [0.25, 0.3) is 0 Å². The van der Waals surface area contributed by atoms with Crippen LogP contribution in [0, 0.1) is 11.7 Å². The summed E-state index contributed by atoms with van der Waals surface area (Å²) in [5, 5.41) is 0. The summed E-state index contributed by atoms with van der Waals surface area (Å²) in [5.41, 5.74) is 6.73. The Hall–Kier alpha value is -0.710. The first-order chi connectivity index (χ1) is 8.49. The van der Waals surface area contributed by atoms with E-state index in [-0.39, 0.29) is 11.9 Å². The van der Waals surface area contributed by atoms with Crippen LogP contribution in [0.3, 0.4) is 0 Å². The van der Waals surface area contributed by atoms with Crippen molar-refractivity contribution in [3.8, 4) is 10.4 Å². The Labute approximate surface area is 119 Å². The van der Waals surface area contributed by atoms with Crippen LogP contribution in [-0.4, -0.2) is 0 Å². The van der Waals surface area contributed by atoms with Crippen molar-refractivity contribution < 1.29 is 4.39 Å². The minimum atomic E-state index is -0.204. The van der Waals surface area contributed by atoms with Crippen LogP contribution < -0.4 is 5.73 Å². The largest absolute Gasteiger partial charge is 0.323 e. The van der Waals surface area contributed by atoms with Crippen LogP contribution in [0.15, 0.2) is 34.8 Å². The monoisotopic (exact) mass is 327 g/mol. The maximum atomic E-state index is 13.8. The molecule has 0 radical (unpaired) electrons. The van der Waals surface area contributed by atoms with Crippen LogP contribution >= 0.6 is 27.3 Å². The highest BCUT2D eigenvalue weighted by Crippen LogP contribution is 2.35. The van der Waals surface area contributed by atoms with Crippen LogP contribution in [0.4, 0.5) is 4.39 Å². The molecule has 2 aromatic rings. The second-order valence-corrected chi connectivity index (χ2v) is 6.63. The SMILES string of the molecule is CC(C)C(N)c1ccc(-c2cc(Br)ccc2F)s1. The zero-order valence-electron chi connectivity index (χ0n) is 10.3. The number of nitrogens with two attached hydrogens (primary N) is 1. The molecular formula is C14H15BrFNS. The normalized spacial score (nSPS) is 13.0. The quantitative estimate of drug-likeness (QED) is 0.845. The van der Waals surface area contributed by atoms with E-state index in [1.165, 1.54) is 6.07 Å². The molecule has 1 nitrogen and oxygen atoms in total. The smallest absolute Gasteiger partial charge is 0.131 e. The van der Waals surface area contributed by atoms with E-state index in [4.69, 9.17) is 5.73 Å². The number of halogens is 2. The number of rotatable bonds is 3. The van der Waals surface area contributed by atoms with E-state index in [0.717, 1.165) is 14.2 Å². The van der Waals surface area contributed by atoms with Gasteiger partial charge in [0.05, 0.1) is 0 Å². The molecule has 0 bridgehead atoms. The maximum absolute atomic E-state index is 13.8. The predicted octanol–water partition coefficient (Wildman–Crippen LogP) is 4.97. The molecule has 1 heterocycles. The summed E-state index contributed by atoms with van der Waals surface area (Å²) in [6, 6.07) is 8.91. The fraction of sp³-hybridized carbons (Fsp3) is 0.286. The van der Waals surface area contributed by atoms with Gasteiger partial charge in [-0.1, -0.05) is 29.8 Å². The molecule has 0 saturated carbocycles. The molecule has 4 heteroatoms. The second-order valence-electron chi connectivity index (χ2n) is 4.60. The summed E-state index contributed by atoms with van der Waals surface area (Å²) in [6.45, 7) is 4.17. The van der Waals surface area contributed by atoms with Gasteiger partial charge >= 0.3 is 0 Å². The van der Waals surface area contributed by atoms with Gasteiger partial charge in [-0.15, -0.1) is 11.3 Å². The van der Waals surface area contributed by atoms with E-state index in [9.17, 15) is 4.39 Å². The molecule has 0 saturated heterocycles. The lowest BCUT2D eigenvalue weighted by Gasteiger charge is -2.12. The van der Waals surface area contributed by atoms with Crippen molar-refractivity contribution in [3.05, 3.63) is 45.5 Å². The lowest BCUT2D eigenvalue weighted by molar-refractivity contribution is 0.521. The molecule has 0 aliphatic rings. The minimum Gasteiger partial charge on any atom is -0.323 e. The van der Waals surface area contributed by atoms with Gasteiger partial charge in [-0.2, -0.15) is 0 Å². The fourth-order valence-corrected chi connectivity index (χ4v) is 3.25. The Morgan fingerprint density at radius 3 is 2.61 bits per heavy atom. The molecule has 96 valence electrons. The lowest BCUT2D eigenvalue weighted by atomic mass is 10.0. The molecular weight excluding hydrogens is 313 g/mol. The van der Waals surface area contributed by atoms with Gasteiger partial charge in [-0.3, -0.25) is 0 Å². The molecule has 0 aliphatic heterocycles. The molecule has 2 rings (SSSR count). The molecule has 1 aromatic heterocycles. The van der Waals surface area contributed by atoms with Gasteiger partial charge in [-0.25, -0.2) is 4.39 Å². The molecule has 2 N–H and O–H groups in total. The van der Waals surface area contributed by atoms with Crippen LogP contribution in [0.25, 0.3) is 10.4 Å². The van der Waals surface area contributed by atoms with E-state index < -0.39 is 0 Å². The Morgan fingerprint density at radius 1 is 1.22 bits per heavy atom. The zero-order valence-corrected chi connectivity index (χ0v) is 12.7. The first-order valence-electron chi connectivity index (χ1n) is 5.79. The Morgan fingerprint density at radius 2 is 1.94 bits per heavy atom. The maximum Gasteiger partial charge on any atom is 0.131 e. The lowest BCUT2D eigenvalue weighted by Crippen LogP contribution is -2.14. The minimum absolute atomic E-state index is 0.0129. The Bertz CT molecular complexity index is 550. The van der Waals surface area contributed by atoms with Gasteiger partial charge in [0.1, 0.15) is 5.82 Å². The summed E-state index contributed by atoms with van der Waals surface area (Å²) in [4.78, 5) is 2.01. The van der Waals surface area contributed by atoms with Gasteiger partial charge in [0.2, 0.25) is 0 Å². The summed E-state index contributed by atoms with van der Waals surface area (Å²) in [5.74, 6) is 0.175. The van der Waals surface area contributed by atoms with Gasteiger partial charge < -0.3 is 5.73 Å². The van der Waals surface area contributed by atoms with E-state index in [1.807, 2.05) is 12.1 Å². The highest BCUT2D eigenvalue weighted by molar-refractivity contribution is 9.10. The highest BCUT2D eigenvalue weighted by Gasteiger charge is 2.15. The van der Waals surface area contributed by atoms with Crippen LogP contribution in [0.1, 0.15) is 24.8 Å². The van der Waals surface area contributed by atoms with Crippen molar-refractivity contribution in [2.45, 2.75) is 19.9 Å². The van der Waals surface area contributed by atoms with Crippen LogP contribution in [0.2, 0.25) is 0 Å². The first kappa shape index (κ1) is 13.7. The Balaban J connectivity index is 2.38. The molecule has 0 fully saturated rings. The van der Waals surface area contributed by atoms with Crippen molar-refractivity contribution in [1.82, 2.24) is 0 Å². The summed E-state index contributed by atoms with van der Waals surface area (Å²) < 4.78 is 14.7. The number of thiophene rings is 1. The molecule has 1 unspecified atom stereocenters. The summed E-state index contributed by atoms with van der Waals surface area (Å²) in [7, 11) is 0. The van der Waals surface area contributed by atoms with E-state index in [2.05, 4.69) is 29.8 Å². The third kappa shape index (κ3) is 2.82. The second kappa shape index (κ2) is 5.51. The van der Waals surface area contributed by atoms with E-state index in [1.54, 1.807) is 23.5 Å². The molecule has 18 heavy (non-hydrogen) atoms.